The van der Waals surface area contributed by atoms with Crippen LogP contribution in [-0.4, -0.2) is 29.0 Å². The molecule has 0 bridgehead atoms. The third kappa shape index (κ3) is 5.14. The van der Waals surface area contributed by atoms with Crippen LogP contribution in [0.3, 0.4) is 0 Å². The van der Waals surface area contributed by atoms with Crippen LogP contribution >= 0.6 is 0 Å². The zero-order valence-electron chi connectivity index (χ0n) is 19.6. The third-order valence-corrected chi connectivity index (χ3v) is 6.20. The molecule has 2 aromatic carbocycles. The highest BCUT2D eigenvalue weighted by atomic mass is 19.4. The summed E-state index contributed by atoms with van der Waals surface area (Å²) in [6, 6.07) is 13.2. The predicted molar refractivity (Wildman–Crippen MR) is 130 cm³/mol. The molecule has 0 radical (unpaired) electrons. The largest absolute Gasteiger partial charge is 0.417 e. The molecule has 3 heterocycles. The summed E-state index contributed by atoms with van der Waals surface area (Å²) < 4.78 is 74.6. The van der Waals surface area contributed by atoms with E-state index < -0.39 is 29.6 Å². The lowest BCUT2D eigenvalue weighted by atomic mass is 9.96. The molecule has 5 rings (SSSR count). The Morgan fingerprint density at radius 2 is 1.76 bits per heavy atom. The Hall–Kier alpha value is -3.95. The first kappa shape index (κ1) is 24.7. The quantitative estimate of drug-likeness (QED) is 0.333. The van der Waals surface area contributed by atoms with Crippen LogP contribution in [0.5, 0.6) is 0 Å². The van der Waals surface area contributed by atoms with E-state index in [4.69, 9.17) is 4.52 Å². The highest BCUT2D eigenvalue weighted by Crippen LogP contribution is 2.41. The number of nitrogens with zero attached hydrogens (tertiary/aromatic N) is 4. The summed E-state index contributed by atoms with van der Waals surface area (Å²) >= 11 is 0. The molecule has 0 fully saturated rings. The molecule has 5 nitrogen and oxygen atoms in total. The minimum atomic E-state index is -4.84. The molecule has 0 aliphatic carbocycles. The van der Waals surface area contributed by atoms with Crippen LogP contribution in [0.25, 0.3) is 11.3 Å². The topological polar surface area (TPSA) is 63.1 Å². The van der Waals surface area contributed by atoms with Crippen molar-refractivity contribution < 1.29 is 26.5 Å². The Labute approximate surface area is 209 Å². The molecule has 3 aromatic rings. The van der Waals surface area contributed by atoms with E-state index in [9.17, 15) is 22.0 Å². The summed E-state index contributed by atoms with van der Waals surface area (Å²) in [4.78, 5) is 13.7. The van der Waals surface area contributed by atoms with Crippen molar-refractivity contribution in [3.8, 4) is 11.3 Å². The van der Waals surface area contributed by atoms with E-state index in [-0.39, 0.29) is 23.7 Å². The highest BCUT2D eigenvalue weighted by Gasteiger charge is 2.38. The minimum absolute atomic E-state index is 0.0806. The summed E-state index contributed by atoms with van der Waals surface area (Å²) in [6.45, 7) is 1.21. The SMILES string of the molecule is CCC(F)(F)c1ccc(-c2cc(CC3CC=C4N=C(c5ccccc5)N=C4C=N3)on2)c(C(F)(F)F)c1. The molecule has 1 unspecified atom stereocenters. The molecule has 37 heavy (non-hydrogen) atoms. The Morgan fingerprint density at radius 1 is 0.973 bits per heavy atom. The number of amidine groups is 1. The summed E-state index contributed by atoms with van der Waals surface area (Å²) in [6.07, 6.45) is -1.11. The monoisotopic (exact) mass is 512 g/mol. The van der Waals surface area contributed by atoms with Crippen LogP contribution in [0.4, 0.5) is 22.0 Å². The summed E-state index contributed by atoms with van der Waals surface area (Å²) in [5.41, 5.74) is -0.0390. The van der Waals surface area contributed by atoms with Crippen molar-refractivity contribution in [2.75, 3.05) is 0 Å². The van der Waals surface area contributed by atoms with Gasteiger partial charge in [0.15, 0.2) is 5.84 Å². The van der Waals surface area contributed by atoms with Crippen LogP contribution in [0.1, 0.15) is 42.2 Å². The number of halogens is 5. The summed E-state index contributed by atoms with van der Waals surface area (Å²) in [5, 5.41) is 3.79. The number of benzene rings is 2. The van der Waals surface area contributed by atoms with Gasteiger partial charge in [-0.1, -0.05) is 60.6 Å². The van der Waals surface area contributed by atoms with Crippen LogP contribution in [0.15, 0.2) is 85.9 Å². The lowest BCUT2D eigenvalue weighted by molar-refractivity contribution is -0.137. The number of aliphatic imine (C=N–C) groups is 3. The molecule has 190 valence electrons. The number of fused-ring (bicyclic) bond motifs is 1. The van der Waals surface area contributed by atoms with E-state index in [2.05, 4.69) is 20.1 Å². The van der Waals surface area contributed by atoms with Gasteiger partial charge in [-0.3, -0.25) is 4.99 Å². The molecular weight excluding hydrogens is 491 g/mol. The Bertz CT molecular complexity index is 1430. The summed E-state index contributed by atoms with van der Waals surface area (Å²) in [5.74, 6) is -2.43. The molecule has 2 aliphatic heterocycles. The molecule has 1 atom stereocenters. The lowest BCUT2D eigenvalue weighted by Gasteiger charge is -2.18. The van der Waals surface area contributed by atoms with Gasteiger partial charge in [0.1, 0.15) is 17.2 Å². The third-order valence-electron chi connectivity index (χ3n) is 6.20. The molecule has 0 saturated carbocycles. The van der Waals surface area contributed by atoms with Gasteiger partial charge in [-0.05, 0) is 12.5 Å². The average Bonchev–Trinajstić information content (AvgIpc) is 3.48. The predicted octanol–water partition coefficient (Wildman–Crippen LogP) is 7.03. The van der Waals surface area contributed by atoms with Gasteiger partial charge < -0.3 is 4.52 Å². The van der Waals surface area contributed by atoms with Crippen molar-refractivity contribution >= 4 is 17.8 Å². The van der Waals surface area contributed by atoms with Crippen LogP contribution < -0.4 is 0 Å². The fourth-order valence-corrected chi connectivity index (χ4v) is 4.15. The maximum atomic E-state index is 14.0. The molecule has 2 aliphatic rings. The van der Waals surface area contributed by atoms with E-state index >= 15 is 0 Å². The second-order valence-corrected chi connectivity index (χ2v) is 8.75. The van der Waals surface area contributed by atoms with Gasteiger partial charge >= 0.3 is 6.18 Å². The van der Waals surface area contributed by atoms with Gasteiger partial charge in [0.2, 0.25) is 0 Å². The standard InChI is InChI=1S/C27H21F5N4O/c1-2-26(28,29)17-8-10-20(21(12-17)27(30,31)32)23-14-19(37-36-23)13-18-9-11-22-24(15-33-18)35-25(34-22)16-6-4-3-5-7-16/h3-8,10-12,14-15,18H,2,9,13H2,1H3. The van der Waals surface area contributed by atoms with E-state index in [0.717, 1.165) is 17.7 Å². The second kappa shape index (κ2) is 9.49. The Kier molecular flexibility index (Phi) is 6.35. The van der Waals surface area contributed by atoms with Crippen molar-refractivity contribution in [1.82, 2.24) is 5.16 Å². The Morgan fingerprint density at radius 3 is 2.49 bits per heavy atom. The molecule has 10 heteroatoms. The highest BCUT2D eigenvalue weighted by molar-refractivity contribution is 6.43. The molecule has 0 N–H and O–H groups in total. The van der Waals surface area contributed by atoms with Gasteiger partial charge in [-0.2, -0.15) is 13.2 Å². The summed E-state index contributed by atoms with van der Waals surface area (Å²) in [7, 11) is 0. The number of aromatic nitrogens is 1. The van der Waals surface area contributed by atoms with Gasteiger partial charge in [0.25, 0.3) is 5.92 Å². The van der Waals surface area contributed by atoms with E-state index in [1.165, 1.54) is 13.0 Å². The second-order valence-electron chi connectivity index (χ2n) is 8.75. The number of hydrogen-bond acceptors (Lipinski definition) is 5. The first-order chi connectivity index (χ1) is 17.6. The van der Waals surface area contributed by atoms with Crippen molar-refractivity contribution in [3.05, 3.63) is 88.8 Å². The minimum Gasteiger partial charge on any atom is -0.361 e. The number of rotatable bonds is 6. The first-order valence-electron chi connectivity index (χ1n) is 11.7. The van der Waals surface area contributed by atoms with Gasteiger partial charge in [0, 0.05) is 41.8 Å². The smallest absolute Gasteiger partial charge is 0.361 e. The maximum absolute atomic E-state index is 14.0. The molecule has 1 aromatic heterocycles. The normalized spacial score (nSPS) is 17.7. The van der Waals surface area contributed by atoms with Gasteiger partial charge in [0.05, 0.1) is 17.3 Å². The molecule has 0 saturated heterocycles. The average molecular weight is 512 g/mol. The first-order valence-corrected chi connectivity index (χ1v) is 11.7. The number of alkyl halides is 5. The maximum Gasteiger partial charge on any atom is 0.417 e. The van der Waals surface area contributed by atoms with Crippen LogP contribution in [0, 0.1) is 0 Å². The fraction of sp³-hybridized carbons (Fsp3) is 0.259. The van der Waals surface area contributed by atoms with Gasteiger partial charge in [-0.15, -0.1) is 0 Å². The van der Waals surface area contributed by atoms with Crippen molar-refractivity contribution in [1.29, 1.82) is 0 Å². The van der Waals surface area contributed by atoms with E-state index in [0.29, 0.717) is 35.5 Å². The van der Waals surface area contributed by atoms with Crippen molar-refractivity contribution in [2.45, 2.75) is 44.3 Å². The van der Waals surface area contributed by atoms with Crippen molar-refractivity contribution in [3.63, 3.8) is 0 Å². The van der Waals surface area contributed by atoms with Crippen LogP contribution in [-0.2, 0) is 18.5 Å². The zero-order chi connectivity index (χ0) is 26.2. The Balaban J connectivity index is 1.34. The molecule has 0 amide bonds. The molecule has 0 spiro atoms. The van der Waals surface area contributed by atoms with E-state index in [1.807, 2.05) is 36.4 Å². The van der Waals surface area contributed by atoms with E-state index in [1.54, 1.807) is 6.21 Å². The number of allylic oxidation sites excluding steroid dienone is 1. The zero-order valence-corrected chi connectivity index (χ0v) is 19.6. The number of hydrogen-bond donors (Lipinski definition) is 0. The lowest BCUT2D eigenvalue weighted by Crippen LogP contribution is -2.15. The van der Waals surface area contributed by atoms with Gasteiger partial charge in [-0.25, -0.2) is 18.8 Å². The molecular formula is C27H21F5N4O. The fourth-order valence-electron chi connectivity index (χ4n) is 4.15. The van der Waals surface area contributed by atoms with Crippen LogP contribution in [0.2, 0.25) is 0 Å². The van der Waals surface area contributed by atoms with Crippen molar-refractivity contribution in [2.24, 2.45) is 15.0 Å².